The highest BCUT2D eigenvalue weighted by Gasteiger charge is 2.32. The van der Waals surface area contributed by atoms with Crippen molar-refractivity contribution in [1.82, 2.24) is 24.5 Å². The second-order valence-corrected chi connectivity index (χ2v) is 9.81. The number of piperazine rings is 1. The number of rotatable bonds is 3. The van der Waals surface area contributed by atoms with E-state index in [-0.39, 0.29) is 11.7 Å². The summed E-state index contributed by atoms with van der Waals surface area (Å²) >= 11 is 1.39. The molecule has 34 heavy (non-hydrogen) atoms. The Morgan fingerprint density at radius 2 is 1.50 bits per heavy atom. The van der Waals surface area contributed by atoms with E-state index in [0.717, 1.165) is 34.3 Å². The largest absolute Gasteiger partial charge is 0.334 e. The maximum Gasteiger partial charge on any atom is 0.312 e. The van der Waals surface area contributed by atoms with Gasteiger partial charge in [0.25, 0.3) is 5.91 Å². The van der Waals surface area contributed by atoms with Gasteiger partial charge in [0, 0.05) is 44.7 Å². The Morgan fingerprint density at radius 1 is 0.912 bits per heavy atom. The third kappa shape index (κ3) is 4.29. The zero-order valence-corrected chi connectivity index (χ0v) is 19.8. The number of thiophene rings is 1. The molecule has 2 aromatic heterocycles. The summed E-state index contributed by atoms with van der Waals surface area (Å²) in [6.07, 6.45) is 1.88. The van der Waals surface area contributed by atoms with Gasteiger partial charge in [-0.2, -0.15) is 5.10 Å². The fourth-order valence-corrected chi connectivity index (χ4v) is 5.68. The molecule has 0 atom stereocenters. The molecule has 0 aliphatic carbocycles. The summed E-state index contributed by atoms with van der Waals surface area (Å²) in [4.78, 5) is 44.6. The molecule has 2 fully saturated rings. The highest BCUT2D eigenvalue weighted by atomic mass is 32.1. The van der Waals surface area contributed by atoms with E-state index in [2.05, 4.69) is 5.10 Å². The van der Waals surface area contributed by atoms with Crippen molar-refractivity contribution in [3.63, 3.8) is 0 Å². The Hall–Kier alpha value is -3.27. The Kier molecular flexibility index (Phi) is 6.07. The van der Waals surface area contributed by atoms with Crippen LogP contribution in [-0.4, -0.2) is 81.5 Å². The van der Waals surface area contributed by atoms with Crippen LogP contribution in [0.1, 0.15) is 33.8 Å². The van der Waals surface area contributed by atoms with Gasteiger partial charge in [0.05, 0.1) is 17.1 Å². The van der Waals surface area contributed by atoms with Crippen molar-refractivity contribution in [3.05, 3.63) is 52.3 Å². The highest BCUT2D eigenvalue weighted by Crippen LogP contribution is 2.30. The lowest BCUT2D eigenvalue weighted by molar-refractivity contribution is -0.152. The van der Waals surface area contributed by atoms with Gasteiger partial charge in [0.2, 0.25) is 0 Å². The number of amides is 3. The van der Waals surface area contributed by atoms with E-state index < -0.39 is 11.8 Å². The lowest BCUT2D eigenvalue weighted by Crippen LogP contribution is -2.54. The van der Waals surface area contributed by atoms with Gasteiger partial charge in [-0.3, -0.25) is 19.1 Å². The number of hydrogen-bond donors (Lipinski definition) is 0. The molecule has 3 aromatic rings. The number of halogens is 1. The lowest BCUT2D eigenvalue weighted by Gasteiger charge is -2.34. The van der Waals surface area contributed by atoms with Crippen LogP contribution in [-0.2, 0) is 16.1 Å². The molecule has 0 unspecified atom stereocenters. The van der Waals surface area contributed by atoms with Crippen LogP contribution in [0.5, 0.6) is 0 Å². The van der Waals surface area contributed by atoms with E-state index in [9.17, 15) is 18.8 Å². The first kappa shape index (κ1) is 22.5. The molecule has 1 aromatic carbocycles. The van der Waals surface area contributed by atoms with E-state index in [0.29, 0.717) is 50.7 Å². The summed E-state index contributed by atoms with van der Waals surface area (Å²) < 4.78 is 15.1. The molecule has 10 heteroatoms. The summed E-state index contributed by atoms with van der Waals surface area (Å²) in [7, 11) is 0. The van der Waals surface area contributed by atoms with Crippen molar-refractivity contribution in [2.75, 3.05) is 39.3 Å². The molecule has 2 aliphatic rings. The molecule has 3 amide bonds. The van der Waals surface area contributed by atoms with Crippen LogP contribution >= 0.6 is 11.3 Å². The molecular formula is C24H26FN5O3S. The maximum absolute atomic E-state index is 13.2. The standard InChI is InChI=1S/C24H26FN5O3S/c1-16-19-14-20(34-24(19)30(26-16)15-17-4-6-18(25)7-5-17)21(31)28-10-12-29(13-11-28)23(33)22(32)27-8-2-3-9-27/h4-7,14H,2-3,8-13,15H2,1H3. The molecule has 2 saturated heterocycles. The topological polar surface area (TPSA) is 78.8 Å². The number of nitrogens with zero attached hydrogens (tertiary/aromatic N) is 5. The molecule has 0 N–H and O–H groups in total. The number of aromatic nitrogens is 2. The average Bonchev–Trinajstić information content (AvgIpc) is 3.59. The number of likely N-dealkylation sites (tertiary alicyclic amines) is 1. The Morgan fingerprint density at radius 3 is 2.15 bits per heavy atom. The Balaban J connectivity index is 1.25. The molecule has 2 aliphatic heterocycles. The van der Waals surface area contributed by atoms with Crippen molar-refractivity contribution in [3.8, 4) is 0 Å². The molecule has 178 valence electrons. The van der Waals surface area contributed by atoms with Gasteiger partial charge in [-0.25, -0.2) is 4.39 Å². The average molecular weight is 484 g/mol. The minimum absolute atomic E-state index is 0.0769. The van der Waals surface area contributed by atoms with Gasteiger partial charge in [-0.15, -0.1) is 11.3 Å². The van der Waals surface area contributed by atoms with Crippen molar-refractivity contribution >= 4 is 39.3 Å². The van der Waals surface area contributed by atoms with Crippen LogP contribution in [0.15, 0.2) is 30.3 Å². The minimum atomic E-state index is -0.465. The summed E-state index contributed by atoms with van der Waals surface area (Å²) in [5.74, 6) is -1.25. The van der Waals surface area contributed by atoms with Gasteiger partial charge in [-0.1, -0.05) is 12.1 Å². The van der Waals surface area contributed by atoms with E-state index in [1.54, 1.807) is 26.8 Å². The third-order valence-electron chi connectivity index (χ3n) is 6.49. The second kappa shape index (κ2) is 9.17. The van der Waals surface area contributed by atoms with Gasteiger partial charge in [0.15, 0.2) is 0 Å². The zero-order valence-electron chi connectivity index (χ0n) is 19.0. The first-order chi connectivity index (χ1) is 16.4. The molecule has 8 nitrogen and oxygen atoms in total. The molecule has 4 heterocycles. The van der Waals surface area contributed by atoms with Gasteiger partial charge in [0.1, 0.15) is 10.6 Å². The van der Waals surface area contributed by atoms with E-state index in [4.69, 9.17) is 0 Å². The third-order valence-corrected chi connectivity index (χ3v) is 7.63. The molecule has 0 bridgehead atoms. The quantitative estimate of drug-likeness (QED) is 0.537. The minimum Gasteiger partial charge on any atom is -0.334 e. The van der Waals surface area contributed by atoms with E-state index in [1.165, 1.54) is 23.5 Å². The van der Waals surface area contributed by atoms with Crippen molar-refractivity contribution < 1.29 is 18.8 Å². The number of aryl methyl sites for hydroxylation is 1. The molecule has 0 spiro atoms. The van der Waals surface area contributed by atoms with Crippen molar-refractivity contribution in [2.45, 2.75) is 26.3 Å². The fourth-order valence-electron chi connectivity index (χ4n) is 4.55. The Labute approximate surface area is 200 Å². The molecule has 0 radical (unpaired) electrons. The van der Waals surface area contributed by atoms with Crippen LogP contribution in [0.3, 0.4) is 0 Å². The van der Waals surface area contributed by atoms with Crippen LogP contribution in [0, 0.1) is 12.7 Å². The number of carbonyl (C=O) groups excluding carboxylic acids is 3. The van der Waals surface area contributed by atoms with Crippen LogP contribution < -0.4 is 0 Å². The first-order valence-electron chi connectivity index (χ1n) is 11.5. The number of hydrogen-bond acceptors (Lipinski definition) is 5. The summed E-state index contributed by atoms with van der Waals surface area (Å²) in [5, 5.41) is 5.52. The summed E-state index contributed by atoms with van der Waals surface area (Å²) in [6.45, 7) is 5.19. The second-order valence-electron chi connectivity index (χ2n) is 8.78. The van der Waals surface area contributed by atoms with Crippen LogP contribution in [0.2, 0.25) is 0 Å². The predicted octanol–water partition coefficient (Wildman–Crippen LogP) is 2.50. The fraction of sp³-hybridized carbons (Fsp3) is 0.417. The maximum atomic E-state index is 13.2. The van der Waals surface area contributed by atoms with Crippen molar-refractivity contribution in [2.24, 2.45) is 0 Å². The smallest absolute Gasteiger partial charge is 0.312 e. The van der Waals surface area contributed by atoms with Crippen LogP contribution in [0.25, 0.3) is 10.2 Å². The zero-order chi connectivity index (χ0) is 23.8. The predicted molar refractivity (Wildman–Crippen MR) is 126 cm³/mol. The van der Waals surface area contributed by atoms with Gasteiger partial charge < -0.3 is 14.7 Å². The molecular weight excluding hydrogens is 457 g/mol. The normalized spacial score (nSPS) is 16.5. The van der Waals surface area contributed by atoms with Gasteiger partial charge in [-0.05, 0) is 43.5 Å². The van der Waals surface area contributed by atoms with E-state index in [1.807, 2.05) is 17.7 Å². The van der Waals surface area contributed by atoms with Crippen molar-refractivity contribution in [1.29, 1.82) is 0 Å². The lowest BCUT2D eigenvalue weighted by atomic mass is 10.2. The van der Waals surface area contributed by atoms with Crippen LogP contribution in [0.4, 0.5) is 4.39 Å². The SMILES string of the molecule is Cc1nn(Cc2ccc(F)cc2)c2sc(C(=O)N3CCN(C(=O)C(=O)N4CCCC4)CC3)cc12. The number of carbonyl (C=O) groups is 3. The monoisotopic (exact) mass is 483 g/mol. The highest BCUT2D eigenvalue weighted by molar-refractivity contribution is 7.20. The van der Waals surface area contributed by atoms with Gasteiger partial charge >= 0.3 is 11.8 Å². The summed E-state index contributed by atoms with van der Waals surface area (Å²) in [5.41, 5.74) is 1.76. The number of fused-ring (bicyclic) bond motifs is 1. The molecule has 5 rings (SSSR count). The van der Waals surface area contributed by atoms with E-state index >= 15 is 0 Å². The number of benzene rings is 1. The Bertz CT molecular complexity index is 1240. The molecule has 0 saturated carbocycles. The first-order valence-corrected chi connectivity index (χ1v) is 12.3. The summed E-state index contributed by atoms with van der Waals surface area (Å²) in [6, 6.07) is 8.19.